The topological polar surface area (TPSA) is 89.0 Å². The molecule has 11 heteroatoms. The van der Waals surface area contributed by atoms with Gasteiger partial charge in [-0.3, -0.25) is 9.97 Å². The molecular weight excluding hydrogens is 502 g/mol. The van der Waals surface area contributed by atoms with Crippen molar-refractivity contribution in [1.82, 2.24) is 15.0 Å². The van der Waals surface area contributed by atoms with Crippen molar-refractivity contribution < 1.29 is 27.1 Å². The van der Waals surface area contributed by atoms with E-state index in [1.54, 1.807) is 42.9 Å². The van der Waals surface area contributed by atoms with Gasteiger partial charge in [-0.25, -0.2) is 14.2 Å². The number of anilines is 2. The Balaban J connectivity index is 1.32. The number of rotatable bonds is 5. The molecule has 7 nitrogen and oxygen atoms in total. The van der Waals surface area contributed by atoms with E-state index in [4.69, 9.17) is 4.74 Å². The Morgan fingerprint density at radius 3 is 2.42 bits per heavy atom. The predicted octanol–water partition coefficient (Wildman–Crippen LogP) is 7.29. The number of amides is 2. The molecule has 0 aliphatic carbocycles. The zero-order valence-corrected chi connectivity index (χ0v) is 19.3. The van der Waals surface area contributed by atoms with Crippen LogP contribution < -0.4 is 15.4 Å². The molecule has 2 amide bonds. The minimum atomic E-state index is -4.55. The predicted molar refractivity (Wildman–Crippen MR) is 133 cm³/mol. The van der Waals surface area contributed by atoms with Gasteiger partial charge in [0.15, 0.2) is 11.6 Å². The zero-order chi connectivity index (χ0) is 26.7. The fourth-order valence-corrected chi connectivity index (χ4v) is 3.56. The van der Waals surface area contributed by atoms with Crippen LogP contribution in [-0.2, 0) is 6.18 Å². The van der Waals surface area contributed by atoms with Crippen molar-refractivity contribution in [1.29, 1.82) is 0 Å². The number of ether oxygens (including phenoxy) is 1. The summed E-state index contributed by atoms with van der Waals surface area (Å²) in [7, 11) is 0. The van der Waals surface area contributed by atoms with Gasteiger partial charge >= 0.3 is 12.2 Å². The van der Waals surface area contributed by atoms with E-state index in [1.165, 1.54) is 24.3 Å². The van der Waals surface area contributed by atoms with Gasteiger partial charge in [0.1, 0.15) is 5.75 Å². The molecule has 5 rings (SSSR count). The highest BCUT2D eigenvalue weighted by Crippen LogP contribution is 2.32. The number of hydrogen-bond acceptors (Lipinski definition) is 5. The van der Waals surface area contributed by atoms with Gasteiger partial charge in [-0.2, -0.15) is 13.2 Å². The third-order valence-electron chi connectivity index (χ3n) is 5.34. The van der Waals surface area contributed by atoms with Crippen molar-refractivity contribution >= 4 is 28.4 Å². The normalized spacial score (nSPS) is 11.3. The summed E-state index contributed by atoms with van der Waals surface area (Å²) in [6.07, 6.45) is 0.384. The molecule has 0 saturated carbocycles. The fraction of sp³-hybridized carbons (Fsp3) is 0.0370. The average Bonchev–Trinajstić information content (AvgIpc) is 2.90. The molecule has 2 heterocycles. The van der Waals surface area contributed by atoms with Gasteiger partial charge in [-0.1, -0.05) is 6.07 Å². The highest BCUT2D eigenvalue weighted by Gasteiger charge is 2.30. The summed E-state index contributed by atoms with van der Waals surface area (Å²) in [5.74, 6) is -0.596. The number of nitrogens with one attached hydrogen (secondary N) is 2. The minimum Gasteiger partial charge on any atom is -0.454 e. The molecule has 0 saturated heterocycles. The third-order valence-corrected chi connectivity index (χ3v) is 5.34. The van der Waals surface area contributed by atoms with Crippen molar-refractivity contribution in [2.45, 2.75) is 6.18 Å². The van der Waals surface area contributed by atoms with Gasteiger partial charge in [0.05, 0.1) is 28.5 Å². The maximum absolute atomic E-state index is 14.5. The minimum absolute atomic E-state index is 0.0566. The maximum Gasteiger partial charge on any atom is 0.416 e. The fourth-order valence-electron chi connectivity index (χ4n) is 3.56. The molecule has 0 spiro atoms. The number of carbonyl (C=O) groups is 1. The van der Waals surface area contributed by atoms with Gasteiger partial charge in [0, 0.05) is 41.5 Å². The van der Waals surface area contributed by atoms with E-state index >= 15 is 0 Å². The molecule has 0 radical (unpaired) electrons. The lowest BCUT2D eigenvalue weighted by Gasteiger charge is -2.12. The first-order valence-electron chi connectivity index (χ1n) is 11.1. The van der Waals surface area contributed by atoms with Gasteiger partial charge in [-0.15, -0.1) is 0 Å². The van der Waals surface area contributed by atoms with Crippen LogP contribution in [0.3, 0.4) is 0 Å². The second-order valence-corrected chi connectivity index (χ2v) is 8.05. The summed E-state index contributed by atoms with van der Waals surface area (Å²) in [6, 6.07) is 15.5. The lowest BCUT2D eigenvalue weighted by molar-refractivity contribution is -0.137. The van der Waals surface area contributed by atoms with Crippen molar-refractivity contribution in [3.05, 3.63) is 103 Å². The van der Waals surface area contributed by atoms with E-state index in [0.29, 0.717) is 16.7 Å². The van der Waals surface area contributed by atoms with Crippen LogP contribution in [0.15, 0.2) is 91.4 Å². The third kappa shape index (κ3) is 5.67. The zero-order valence-electron chi connectivity index (χ0n) is 19.3. The number of halogens is 4. The first-order valence-corrected chi connectivity index (χ1v) is 11.1. The molecule has 190 valence electrons. The Kier molecular flexibility index (Phi) is 6.56. The molecule has 3 aromatic carbocycles. The second kappa shape index (κ2) is 10.1. The number of pyridine rings is 1. The van der Waals surface area contributed by atoms with Gasteiger partial charge in [-0.05, 0) is 54.6 Å². The molecule has 0 bridgehead atoms. The van der Waals surface area contributed by atoms with E-state index in [2.05, 4.69) is 25.6 Å². The van der Waals surface area contributed by atoms with Crippen molar-refractivity contribution in [3.63, 3.8) is 0 Å². The van der Waals surface area contributed by atoms with Crippen LogP contribution >= 0.6 is 0 Å². The number of alkyl halides is 3. The van der Waals surface area contributed by atoms with Crippen LogP contribution in [0.25, 0.3) is 22.3 Å². The first-order chi connectivity index (χ1) is 18.2. The monoisotopic (exact) mass is 519 g/mol. The number of nitrogens with zero attached hydrogens (tertiary/aromatic N) is 3. The van der Waals surface area contributed by atoms with Gasteiger partial charge in [0.2, 0.25) is 0 Å². The SMILES string of the molecule is O=C(Nc1cccc(C(F)(F)F)c1)Nc1ccc(F)c(Oc2ccc3ncc(-c4cccnc4)nc3c2)c1. The summed E-state index contributed by atoms with van der Waals surface area (Å²) < 4.78 is 58.9. The first kappa shape index (κ1) is 24.6. The summed E-state index contributed by atoms with van der Waals surface area (Å²) in [5.41, 5.74) is 1.70. The molecule has 0 aliphatic rings. The molecule has 0 unspecified atom stereocenters. The van der Waals surface area contributed by atoms with E-state index in [1.807, 2.05) is 6.07 Å². The Morgan fingerprint density at radius 2 is 1.66 bits per heavy atom. The molecule has 5 aromatic rings. The van der Waals surface area contributed by atoms with Crippen LogP contribution in [-0.4, -0.2) is 21.0 Å². The summed E-state index contributed by atoms with van der Waals surface area (Å²) in [4.78, 5) is 25.4. The number of hydrogen-bond donors (Lipinski definition) is 2. The molecule has 0 aliphatic heterocycles. The largest absolute Gasteiger partial charge is 0.454 e. The summed E-state index contributed by atoms with van der Waals surface area (Å²) in [6.45, 7) is 0. The van der Waals surface area contributed by atoms with Crippen molar-refractivity contribution in [2.75, 3.05) is 10.6 Å². The maximum atomic E-state index is 14.5. The smallest absolute Gasteiger partial charge is 0.416 e. The Morgan fingerprint density at radius 1 is 0.842 bits per heavy atom. The Hall–Kier alpha value is -5.06. The number of urea groups is 1. The standard InChI is InChI=1S/C27H17F4N5O2/c28-21-8-6-19(35-26(37)34-18-5-1-4-17(11-18)27(29,30)31)12-25(21)38-20-7-9-22-23(13-20)36-24(15-33-22)16-3-2-10-32-14-16/h1-15H,(H2,34,35,37). The summed E-state index contributed by atoms with van der Waals surface area (Å²) >= 11 is 0. The number of aromatic nitrogens is 3. The van der Waals surface area contributed by atoms with Crippen LogP contribution in [0, 0.1) is 5.82 Å². The van der Waals surface area contributed by atoms with Crippen LogP contribution in [0.5, 0.6) is 11.5 Å². The van der Waals surface area contributed by atoms with Gasteiger partial charge in [0.25, 0.3) is 0 Å². The van der Waals surface area contributed by atoms with Crippen LogP contribution in [0.2, 0.25) is 0 Å². The summed E-state index contributed by atoms with van der Waals surface area (Å²) in [5, 5.41) is 4.77. The van der Waals surface area contributed by atoms with Gasteiger partial charge < -0.3 is 15.4 Å². The number of benzene rings is 3. The Bertz CT molecular complexity index is 1630. The Labute approximate surface area is 213 Å². The highest BCUT2D eigenvalue weighted by molar-refractivity contribution is 5.99. The molecule has 2 N–H and O–H groups in total. The van der Waals surface area contributed by atoms with Crippen molar-refractivity contribution in [2.24, 2.45) is 0 Å². The molecule has 0 atom stereocenters. The molecule has 0 fully saturated rings. The van der Waals surface area contributed by atoms with E-state index < -0.39 is 23.6 Å². The van der Waals surface area contributed by atoms with E-state index in [9.17, 15) is 22.4 Å². The molecular formula is C27H17F4N5O2. The highest BCUT2D eigenvalue weighted by atomic mass is 19.4. The molecule has 38 heavy (non-hydrogen) atoms. The quantitative estimate of drug-likeness (QED) is 0.238. The second-order valence-electron chi connectivity index (χ2n) is 8.05. The van der Waals surface area contributed by atoms with Crippen molar-refractivity contribution in [3.8, 4) is 22.8 Å². The number of fused-ring (bicyclic) bond motifs is 1. The average molecular weight is 519 g/mol. The van der Waals surface area contributed by atoms with E-state index in [-0.39, 0.29) is 22.9 Å². The van der Waals surface area contributed by atoms with E-state index in [0.717, 1.165) is 23.8 Å². The van der Waals surface area contributed by atoms with Crippen LogP contribution in [0.1, 0.15) is 5.56 Å². The molecule has 2 aromatic heterocycles. The lowest BCUT2D eigenvalue weighted by atomic mass is 10.2. The lowest BCUT2D eigenvalue weighted by Crippen LogP contribution is -2.19. The van der Waals surface area contributed by atoms with Crippen LogP contribution in [0.4, 0.5) is 33.7 Å². The number of carbonyl (C=O) groups excluding carboxylic acids is 1.